The summed E-state index contributed by atoms with van der Waals surface area (Å²) in [7, 11) is 0. The smallest absolute Gasteiger partial charge is 0.213 e. The Morgan fingerprint density at radius 2 is 1.93 bits per heavy atom. The van der Waals surface area contributed by atoms with E-state index < -0.39 is 0 Å². The molecule has 0 atom stereocenters. The first-order chi connectivity index (χ1) is 13.3. The van der Waals surface area contributed by atoms with Crippen molar-refractivity contribution in [2.75, 3.05) is 23.3 Å². The van der Waals surface area contributed by atoms with Gasteiger partial charge in [-0.1, -0.05) is 6.07 Å². The van der Waals surface area contributed by atoms with Gasteiger partial charge in [0.15, 0.2) is 5.82 Å². The number of fused-ring (bicyclic) bond motifs is 1. The molecule has 4 heterocycles. The molecule has 1 N–H and O–H groups in total. The highest BCUT2D eigenvalue weighted by Crippen LogP contribution is 2.34. The maximum atomic E-state index is 6.04. The van der Waals surface area contributed by atoms with Gasteiger partial charge < -0.3 is 15.0 Å². The number of ether oxygens (including phenoxy) is 1. The predicted octanol–water partition coefficient (Wildman–Crippen LogP) is 3.65. The molecule has 0 aromatic carbocycles. The molecule has 1 aliphatic heterocycles. The third-order valence-corrected chi connectivity index (χ3v) is 5.23. The fourth-order valence-corrected chi connectivity index (χ4v) is 3.58. The zero-order valence-electron chi connectivity index (χ0n) is 15.2. The first-order valence-corrected chi connectivity index (χ1v) is 9.69. The van der Waals surface area contributed by atoms with Crippen LogP contribution in [0.2, 0.25) is 0 Å². The number of rotatable bonds is 5. The Hall–Kier alpha value is -2.89. The molecule has 6 nitrogen and oxygen atoms in total. The lowest BCUT2D eigenvalue weighted by atomic mass is 10.1. The van der Waals surface area contributed by atoms with Crippen LogP contribution in [0.25, 0.3) is 10.9 Å². The van der Waals surface area contributed by atoms with Crippen LogP contribution in [0, 0.1) is 0 Å². The number of aromatic nitrogens is 3. The zero-order valence-corrected chi connectivity index (χ0v) is 15.2. The summed E-state index contributed by atoms with van der Waals surface area (Å²) in [6.45, 7) is 1.91. The molecular formula is C21H23N5O. The first-order valence-electron chi connectivity index (χ1n) is 9.69. The Morgan fingerprint density at radius 1 is 1.04 bits per heavy atom. The van der Waals surface area contributed by atoms with Gasteiger partial charge in [-0.3, -0.25) is 4.98 Å². The molecule has 27 heavy (non-hydrogen) atoms. The molecule has 1 saturated heterocycles. The second-order valence-corrected chi connectivity index (χ2v) is 7.32. The van der Waals surface area contributed by atoms with E-state index >= 15 is 0 Å². The van der Waals surface area contributed by atoms with Gasteiger partial charge in [-0.25, -0.2) is 9.97 Å². The number of hydrogen-bond donors (Lipinski definition) is 1. The van der Waals surface area contributed by atoms with Crippen LogP contribution in [0.3, 0.4) is 0 Å². The van der Waals surface area contributed by atoms with Gasteiger partial charge in [0.25, 0.3) is 0 Å². The van der Waals surface area contributed by atoms with Gasteiger partial charge in [-0.2, -0.15) is 0 Å². The van der Waals surface area contributed by atoms with E-state index in [0.717, 1.165) is 42.7 Å². The first kappa shape index (κ1) is 16.3. The van der Waals surface area contributed by atoms with Crippen molar-refractivity contribution in [3.63, 3.8) is 0 Å². The third kappa shape index (κ3) is 3.65. The van der Waals surface area contributed by atoms with Gasteiger partial charge in [-0.05, 0) is 31.0 Å². The zero-order chi connectivity index (χ0) is 18.1. The quantitative estimate of drug-likeness (QED) is 0.748. The fourth-order valence-electron chi connectivity index (χ4n) is 3.58. The molecule has 0 unspecified atom stereocenters. The largest absolute Gasteiger partial charge is 0.474 e. The summed E-state index contributed by atoms with van der Waals surface area (Å²) < 4.78 is 6.04. The minimum Gasteiger partial charge on any atom is -0.474 e. The summed E-state index contributed by atoms with van der Waals surface area (Å²) >= 11 is 0. The fraction of sp³-hybridized carbons (Fsp3) is 0.381. The highest BCUT2D eigenvalue weighted by Gasteiger charge is 2.27. The molecule has 0 amide bonds. The molecule has 0 spiro atoms. The Balaban J connectivity index is 1.34. The number of nitrogens with one attached hydrogen (secondary N) is 1. The summed E-state index contributed by atoms with van der Waals surface area (Å²) in [6, 6.07) is 10.6. The molecule has 3 aromatic rings. The van der Waals surface area contributed by atoms with Crippen LogP contribution in [0.4, 0.5) is 11.5 Å². The van der Waals surface area contributed by atoms with E-state index in [1.807, 2.05) is 36.7 Å². The molecule has 5 rings (SSSR count). The van der Waals surface area contributed by atoms with Crippen molar-refractivity contribution in [1.82, 2.24) is 15.0 Å². The van der Waals surface area contributed by atoms with Crippen molar-refractivity contribution in [3.8, 4) is 5.88 Å². The Bertz CT molecular complexity index is 920. The molecule has 0 bridgehead atoms. The van der Waals surface area contributed by atoms with Crippen LogP contribution in [0.1, 0.15) is 25.7 Å². The van der Waals surface area contributed by atoms with Crippen LogP contribution in [-0.4, -0.2) is 40.2 Å². The molecule has 1 aliphatic carbocycles. The predicted molar refractivity (Wildman–Crippen MR) is 106 cm³/mol. The summed E-state index contributed by atoms with van der Waals surface area (Å²) in [5.74, 6) is 1.70. The SMILES string of the molecule is c1ccc(OC2CCN(c3cc4ccncc4nc3NC3CC3)CC2)nc1. The van der Waals surface area contributed by atoms with Gasteiger partial charge >= 0.3 is 0 Å². The van der Waals surface area contributed by atoms with E-state index in [4.69, 9.17) is 9.72 Å². The highest BCUT2D eigenvalue weighted by molar-refractivity contribution is 5.86. The van der Waals surface area contributed by atoms with E-state index in [9.17, 15) is 0 Å². The average molecular weight is 361 g/mol. The van der Waals surface area contributed by atoms with E-state index in [1.165, 1.54) is 18.5 Å². The topological polar surface area (TPSA) is 63.2 Å². The van der Waals surface area contributed by atoms with Gasteiger partial charge in [-0.15, -0.1) is 0 Å². The maximum absolute atomic E-state index is 6.04. The number of nitrogens with zero attached hydrogens (tertiary/aromatic N) is 4. The summed E-state index contributed by atoms with van der Waals surface area (Å²) in [5, 5.41) is 4.74. The van der Waals surface area contributed by atoms with Gasteiger partial charge in [0.2, 0.25) is 5.88 Å². The average Bonchev–Trinajstić information content (AvgIpc) is 3.53. The molecule has 6 heteroatoms. The Labute approximate surface area is 158 Å². The second kappa shape index (κ2) is 7.02. The summed E-state index contributed by atoms with van der Waals surface area (Å²) in [6.07, 6.45) is 10.1. The van der Waals surface area contributed by atoms with Crippen LogP contribution in [-0.2, 0) is 0 Å². The molecule has 2 fully saturated rings. The summed E-state index contributed by atoms with van der Waals surface area (Å²) in [4.78, 5) is 15.8. The van der Waals surface area contributed by atoms with E-state index in [1.54, 1.807) is 6.20 Å². The summed E-state index contributed by atoms with van der Waals surface area (Å²) in [5.41, 5.74) is 2.13. The monoisotopic (exact) mass is 361 g/mol. The molecular weight excluding hydrogens is 338 g/mol. The Morgan fingerprint density at radius 3 is 2.70 bits per heavy atom. The lowest BCUT2D eigenvalue weighted by Gasteiger charge is -2.34. The Kier molecular flexibility index (Phi) is 4.24. The molecule has 0 radical (unpaired) electrons. The number of pyridine rings is 3. The van der Waals surface area contributed by atoms with Crippen molar-refractivity contribution in [1.29, 1.82) is 0 Å². The van der Waals surface area contributed by atoms with Crippen molar-refractivity contribution in [3.05, 3.63) is 48.9 Å². The molecule has 2 aliphatic rings. The standard InChI is InChI=1S/C21H23N5O/c1-2-9-23-20(3-1)27-17-7-11-26(12-8-17)19-13-15-6-10-22-14-18(15)25-21(19)24-16-4-5-16/h1-3,6,9-10,13-14,16-17H,4-5,7-8,11-12H2,(H,24,25). The van der Waals surface area contributed by atoms with Crippen molar-refractivity contribution >= 4 is 22.4 Å². The van der Waals surface area contributed by atoms with Crippen molar-refractivity contribution in [2.45, 2.75) is 37.8 Å². The second-order valence-electron chi connectivity index (χ2n) is 7.32. The molecule has 1 saturated carbocycles. The maximum Gasteiger partial charge on any atom is 0.213 e. The van der Waals surface area contributed by atoms with Crippen LogP contribution in [0.15, 0.2) is 48.9 Å². The molecule has 3 aromatic heterocycles. The van der Waals surface area contributed by atoms with Gasteiger partial charge in [0, 0.05) is 55.8 Å². The number of piperidine rings is 1. The van der Waals surface area contributed by atoms with Gasteiger partial charge in [0.05, 0.1) is 17.4 Å². The van der Waals surface area contributed by atoms with E-state index in [2.05, 4.69) is 26.3 Å². The lowest BCUT2D eigenvalue weighted by molar-refractivity contribution is 0.164. The van der Waals surface area contributed by atoms with Crippen LogP contribution < -0.4 is 15.0 Å². The number of hydrogen-bond acceptors (Lipinski definition) is 6. The lowest BCUT2D eigenvalue weighted by Crippen LogP contribution is -2.38. The minimum atomic E-state index is 0.216. The van der Waals surface area contributed by atoms with Crippen LogP contribution in [0.5, 0.6) is 5.88 Å². The number of anilines is 2. The van der Waals surface area contributed by atoms with Gasteiger partial charge in [0.1, 0.15) is 6.10 Å². The van der Waals surface area contributed by atoms with Crippen LogP contribution >= 0.6 is 0 Å². The van der Waals surface area contributed by atoms with Crippen molar-refractivity contribution < 1.29 is 4.74 Å². The molecule has 138 valence electrons. The highest BCUT2D eigenvalue weighted by atomic mass is 16.5. The van der Waals surface area contributed by atoms with Crippen molar-refractivity contribution in [2.24, 2.45) is 0 Å². The van der Waals surface area contributed by atoms with E-state index in [-0.39, 0.29) is 6.10 Å². The van der Waals surface area contributed by atoms with E-state index in [0.29, 0.717) is 11.9 Å². The third-order valence-electron chi connectivity index (χ3n) is 5.23. The normalized spacial score (nSPS) is 17.9. The minimum absolute atomic E-state index is 0.216.